The molecule has 5 nitrogen and oxygen atoms in total. The monoisotopic (exact) mass is 290 g/mol. The van der Waals surface area contributed by atoms with Crippen LogP contribution in [0, 0.1) is 0 Å². The summed E-state index contributed by atoms with van der Waals surface area (Å²) in [5.41, 5.74) is 0. The van der Waals surface area contributed by atoms with Crippen molar-refractivity contribution in [2.75, 3.05) is 40.4 Å². The molecule has 0 bridgehead atoms. The maximum atomic E-state index is 10.9. The van der Waals surface area contributed by atoms with Gasteiger partial charge in [-0.2, -0.15) is 0 Å². The molecule has 114 valence electrons. The van der Waals surface area contributed by atoms with Crippen molar-refractivity contribution in [2.24, 2.45) is 0 Å². The van der Waals surface area contributed by atoms with E-state index in [-0.39, 0.29) is 11.1 Å². The van der Waals surface area contributed by atoms with Crippen LogP contribution < -0.4 is 5.32 Å². The van der Waals surface area contributed by atoms with Crippen LogP contribution in [-0.4, -0.2) is 59.7 Å². The summed E-state index contributed by atoms with van der Waals surface area (Å²) >= 11 is 0. The van der Waals surface area contributed by atoms with Crippen LogP contribution in [0.3, 0.4) is 0 Å². The molecule has 0 aromatic carbocycles. The Hall–Kier alpha value is -0.593. The van der Waals surface area contributed by atoms with Gasteiger partial charge in [0.25, 0.3) is 0 Å². The summed E-state index contributed by atoms with van der Waals surface area (Å²) in [5.74, 6) is 0. The van der Waals surface area contributed by atoms with Crippen molar-refractivity contribution in [1.29, 1.82) is 0 Å². The zero-order valence-corrected chi connectivity index (χ0v) is 14.5. The molecule has 0 heterocycles. The Morgan fingerprint density at radius 3 is 2.21 bits per heavy atom. The summed E-state index contributed by atoms with van der Waals surface area (Å²) in [7, 11) is 1.91. The van der Waals surface area contributed by atoms with E-state index in [2.05, 4.69) is 44.1 Å². The summed E-state index contributed by atoms with van der Waals surface area (Å²) in [6, 6.07) is 0. The van der Waals surface area contributed by atoms with Crippen LogP contribution in [0.1, 0.15) is 20.8 Å². The van der Waals surface area contributed by atoms with Gasteiger partial charge in [0, 0.05) is 26.7 Å². The molecule has 0 aromatic rings. The quantitative estimate of drug-likeness (QED) is 0.731. The van der Waals surface area contributed by atoms with Gasteiger partial charge in [0.2, 0.25) is 0 Å². The van der Waals surface area contributed by atoms with Crippen molar-refractivity contribution in [3.8, 4) is 0 Å². The molecule has 0 radical (unpaired) electrons. The number of nitrogens with one attached hydrogen (secondary N) is 1. The minimum absolute atomic E-state index is 0.244. The lowest BCUT2D eigenvalue weighted by Crippen LogP contribution is -2.42. The number of rotatable bonds is 7. The Kier molecular flexibility index (Phi) is 7.62. The summed E-state index contributed by atoms with van der Waals surface area (Å²) < 4.78 is 11.0. The fourth-order valence-corrected chi connectivity index (χ4v) is 2.19. The van der Waals surface area contributed by atoms with E-state index >= 15 is 0 Å². The predicted octanol–water partition coefficient (Wildman–Crippen LogP) is 2.30. The first-order chi connectivity index (χ1) is 8.60. The first-order valence-corrected chi connectivity index (χ1v) is 9.68. The molecular weight excluding hydrogens is 260 g/mol. The number of carbonyl (C=O) groups excluding carboxylic acids is 1. The third kappa shape index (κ3) is 7.54. The Morgan fingerprint density at radius 1 is 1.21 bits per heavy atom. The largest absolute Gasteiger partial charge is 0.448 e. The van der Waals surface area contributed by atoms with Crippen LogP contribution in [-0.2, 0) is 9.16 Å². The lowest BCUT2D eigenvalue weighted by atomic mass is 10.2. The number of amides is 1. The number of hydrogen-bond acceptors (Lipinski definition) is 4. The second kappa shape index (κ2) is 7.87. The number of carbonyl (C=O) groups is 1. The van der Waals surface area contributed by atoms with Gasteiger partial charge >= 0.3 is 6.09 Å². The molecule has 6 heteroatoms. The Balaban J connectivity index is 3.80. The molecule has 0 saturated carbocycles. The molecule has 0 spiro atoms. The predicted molar refractivity (Wildman–Crippen MR) is 81.1 cm³/mol. The van der Waals surface area contributed by atoms with Crippen molar-refractivity contribution >= 4 is 14.4 Å². The molecule has 1 N–H and O–H groups in total. The average molecular weight is 290 g/mol. The number of nitrogens with zero attached hydrogens (tertiary/aromatic N) is 1. The molecule has 0 rings (SSSR count). The zero-order chi connectivity index (χ0) is 15.1. The van der Waals surface area contributed by atoms with E-state index in [1.165, 1.54) is 0 Å². The highest BCUT2D eigenvalue weighted by atomic mass is 28.4. The summed E-state index contributed by atoms with van der Waals surface area (Å²) in [4.78, 5) is 13.0. The van der Waals surface area contributed by atoms with Crippen molar-refractivity contribution < 1.29 is 14.0 Å². The van der Waals surface area contributed by atoms with E-state index in [0.717, 1.165) is 13.2 Å². The number of hydrogen-bond donors (Lipinski definition) is 1. The smallest absolute Gasteiger partial charge is 0.406 e. The van der Waals surface area contributed by atoms with E-state index < -0.39 is 8.32 Å². The van der Waals surface area contributed by atoms with Crippen LogP contribution >= 0.6 is 0 Å². The zero-order valence-electron chi connectivity index (χ0n) is 13.5. The molecule has 19 heavy (non-hydrogen) atoms. The van der Waals surface area contributed by atoms with E-state index in [4.69, 9.17) is 9.16 Å². The Morgan fingerprint density at radius 2 is 1.74 bits per heavy atom. The first kappa shape index (κ1) is 18.4. The molecule has 0 unspecified atom stereocenters. The van der Waals surface area contributed by atoms with Crippen LogP contribution in [0.5, 0.6) is 0 Å². The highest BCUT2D eigenvalue weighted by molar-refractivity contribution is 6.74. The number of alkyl carbamates (subject to hydrolysis) is 1. The fraction of sp³-hybridized carbons (Fsp3) is 0.923. The minimum atomic E-state index is -1.65. The molecule has 0 atom stereocenters. The summed E-state index contributed by atoms with van der Waals surface area (Å²) in [6.45, 7) is 13.9. The topological polar surface area (TPSA) is 50.8 Å². The molecule has 0 aromatic heterocycles. The van der Waals surface area contributed by atoms with Crippen molar-refractivity contribution in [2.45, 2.75) is 38.9 Å². The molecule has 0 saturated heterocycles. The van der Waals surface area contributed by atoms with Gasteiger partial charge in [-0.25, -0.2) is 4.79 Å². The standard InChI is InChI=1S/C13H30N2O3Si/c1-13(2,3)19(6,7)18-11-9-15(5)8-10-17-12(16)14-4/h8-11H2,1-7H3,(H,14,16). The molecule has 0 aliphatic carbocycles. The van der Waals surface area contributed by atoms with Crippen molar-refractivity contribution in [3.05, 3.63) is 0 Å². The van der Waals surface area contributed by atoms with E-state index in [0.29, 0.717) is 13.2 Å². The molecule has 0 fully saturated rings. The van der Waals surface area contributed by atoms with Crippen LogP contribution in [0.25, 0.3) is 0 Å². The number of ether oxygens (including phenoxy) is 1. The van der Waals surface area contributed by atoms with Gasteiger partial charge in [-0.3, -0.25) is 0 Å². The second-order valence-corrected chi connectivity index (χ2v) is 11.1. The highest BCUT2D eigenvalue weighted by Crippen LogP contribution is 2.36. The maximum Gasteiger partial charge on any atom is 0.406 e. The first-order valence-electron chi connectivity index (χ1n) is 6.77. The fourth-order valence-electron chi connectivity index (χ4n) is 1.15. The SMILES string of the molecule is CNC(=O)OCCN(C)CCO[Si](C)(C)C(C)(C)C. The van der Waals surface area contributed by atoms with Crippen molar-refractivity contribution in [1.82, 2.24) is 10.2 Å². The van der Waals surface area contributed by atoms with E-state index in [9.17, 15) is 4.79 Å². The molecule has 0 aliphatic rings. The summed E-state index contributed by atoms with van der Waals surface area (Å²) in [6.07, 6.45) is -0.383. The normalized spacial score (nSPS) is 12.6. The minimum Gasteiger partial charge on any atom is -0.448 e. The van der Waals surface area contributed by atoms with E-state index in [1.54, 1.807) is 7.05 Å². The van der Waals surface area contributed by atoms with E-state index in [1.807, 2.05) is 7.05 Å². The second-order valence-electron chi connectivity index (χ2n) is 6.30. The lowest BCUT2D eigenvalue weighted by molar-refractivity contribution is 0.129. The molecule has 0 aliphatic heterocycles. The third-order valence-corrected chi connectivity index (χ3v) is 8.19. The average Bonchev–Trinajstić information content (AvgIpc) is 2.26. The summed E-state index contributed by atoms with van der Waals surface area (Å²) in [5, 5.41) is 2.66. The lowest BCUT2D eigenvalue weighted by Gasteiger charge is -2.36. The van der Waals surface area contributed by atoms with Gasteiger partial charge in [-0.15, -0.1) is 0 Å². The Bertz CT molecular complexity index is 278. The molecular formula is C13H30N2O3Si. The van der Waals surface area contributed by atoms with Gasteiger partial charge < -0.3 is 19.4 Å². The van der Waals surface area contributed by atoms with Gasteiger partial charge in [0.1, 0.15) is 6.61 Å². The van der Waals surface area contributed by atoms with Gasteiger partial charge in [0.05, 0.1) is 0 Å². The highest BCUT2D eigenvalue weighted by Gasteiger charge is 2.36. The van der Waals surface area contributed by atoms with Crippen LogP contribution in [0.4, 0.5) is 4.79 Å². The Labute approximate surface area is 118 Å². The third-order valence-electron chi connectivity index (χ3n) is 3.65. The maximum absolute atomic E-state index is 10.9. The van der Waals surface area contributed by atoms with Gasteiger partial charge in [0.15, 0.2) is 8.32 Å². The molecule has 1 amide bonds. The van der Waals surface area contributed by atoms with Crippen molar-refractivity contribution in [3.63, 3.8) is 0 Å². The van der Waals surface area contributed by atoms with Gasteiger partial charge in [-0.1, -0.05) is 20.8 Å². The van der Waals surface area contributed by atoms with Crippen LogP contribution in [0.15, 0.2) is 0 Å². The van der Waals surface area contributed by atoms with Gasteiger partial charge in [-0.05, 0) is 25.2 Å². The number of likely N-dealkylation sites (N-methyl/N-ethyl adjacent to an activating group) is 1. The van der Waals surface area contributed by atoms with Crippen LogP contribution in [0.2, 0.25) is 18.1 Å².